The molecule has 0 aliphatic carbocycles. The van der Waals surface area contributed by atoms with Crippen LogP contribution < -0.4 is 5.73 Å². The number of nitrogens with zero attached hydrogens (tertiary/aromatic N) is 2. The Bertz CT molecular complexity index is 751. The average molecular weight is 350 g/mol. The second-order valence-corrected chi connectivity index (χ2v) is 7.32. The molecule has 0 aliphatic rings. The predicted molar refractivity (Wildman–Crippen MR) is 80.8 cm³/mol. The van der Waals surface area contributed by atoms with Gasteiger partial charge >= 0.3 is 0 Å². The van der Waals surface area contributed by atoms with Crippen LogP contribution in [0.3, 0.4) is 0 Å². The van der Waals surface area contributed by atoms with Crippen LogP contribution in [-0.4, -0.2) is 24.9 Å². The topological polar surface area (TPSA) is 89.4 Å². The van der Waals surface area contributed by atoms with Crippen LogP contribution in [0.2, 0.25) is 10.0 Å². The Labute approximate surface area is 132 Å². The molecule has 0 saturated carbocycles. The smallest absolute Gasteiger partial charge is 0.246 e. The Kier molecular flexibility index (Phi) is 4.48. The van der Waals surface area contributed by atoms with E-state index in [0.29, 0.717) is 11.5 Å². The molecular formula is C12H13Cl2N3O3S. The zero-order valence-corrected chi connectivity index (χ0v) is 13.6. The maximum Gasteiger partial charge on any atom is 0.246 e. The molecule has 114 valence electrons. The van der Waals surface area contributed by atoms with Crippen molar-refractivity contribution < 1.29 is 12.9 Å². The first-order chi connectivity index (χ1) is 9.71. The summed E-state index contributed by atoms with van der Waals surface area (Å²) in [6.45, 7) is 1.76. The van der Waals surface area contributed by atoms with Crippen molar-refractivity contribution in [2.24, 2.45) is 0 Å². The Morgan fingerprint density at radius 1 is 1.33 bits per heavy atom. The van der Waals surface area contributed by atoms with Gasteiger partial charge < -0.3 is 10.3 Å². The molecule has 0 amide bonds. The number of nitrogens with two attached hydrogens (primary N) is 1. The second kappa shape index (κ2) is 5.84. The molecule has 0 unspecified atom stereocenters. The van der Waals surface area contributed by atoms with Crippen molar-refractivity contribution in [3.63, 3.8) is 0 Å². The molecule has 2 N–H and O–H groups in total. The van der Waals surface area contributed by atoms with Crippen LogP contribution in [0.15, 0.2) is 27.6 Å². The van der Waals surface area contributed by atoms with Gasteiger partial charge in [-0.25, -0.2) is 8.42 Å². The Morgan fingerprint density at radius 3 is 2.52 bits per heavy atom. The zero-order chi connectivity index (χ0) is 15.8. The number of rotatable bonds is 4. The van der Waals surface area contributed by atoms with Crippen molar-refractivity contribution in [1.29, 1.82) is 0 Å². The summed E-state index contributed by atoms with van der Waals surface area (Å²) in [5.41, 5.74) is 6.22. The number of nitrogen functional groups attached to an aromatic ring is 1. The molecule has 1 aromatic carbocycles. The summed E-state index contributed by atoms with van der Waals surface area (Å²) in [5.74, 6) is 0.597. The SMILES string of the molecule is Cc1cc(CN(C)S(=O)(=O)c2c(N)cc(Cl)cc2Cl)no1. The minimum absolute atomic E-state index is 0.00400. The van der Waals surface area contributed by atoms with Gasteiger partial charge in [-0.2, -0.15) is 4.31 Å². The Balaban J connectivity index is 2.38. The van der Waals surface area contributed by atoms with Crippen LogP contribution in [0, 0.1) is 6.92 Å². The van der Waals surface area contributed by atoms with Gasteiger partial charge in [0, 0.05) is 18.1 Å². The number of benzene rings is 1. The number of sulfonamides is 1. The molecule has 9 heteroatoms. The fraction of sp³-hybridized carbons (Fsp3) is 0.250. The van der Waals surface area contributed by atoms with Gasteiger partial charge in [0.1, 0.15) is 10.7 Å². The highest BCUT2D eigenvalue weighted by Gasteiger charge is 2.27. The number of hydrogen-bond donors (Lipinski definition) is 1. The molecule has 0 radical (unpaired) electrons. The molecule has 0 spiro atoms. The van der Waals surface area contributed by atoms with E-state index in [1.165, 1.54) is 19.2 Å². The maximum absolute atomic E-state index is 12.6. The fourth-order valence-electron chi connectivity index (χ4n) is 1.81. The largest absolute Gasteiger partial charge is 0.398 e. The molecule has 6 nitrogen and oxygen atoms in total. The van der Waals surface area contributed by atoms with Gasteiger partial charge in [0.15, 0.2) is 0 Å². The summed E-state index contributed by atoms with van der Waals surface area (Å²) in [6, 6.07) is 4.33. The maximum atomic E-state index is 12.6. The van der Waals surface area contributed by atoms with Crippen molar-refractivity contribution >= 4 is 38.9 Å². The van der Waals surface area contributed by atoms with E-state index in [-0.39, 0.29) is 27.2 Å². The molecule has 2 rings (SSSR count). The van der Waals surface area contributed by atoms with Crippen LogP contribution in [0.5, 0.6) is 0 Å². The molecule has 2 aromatic rings. The lowest BCUT2D eigenvalue weighted by Crippen LogP contribution is -2.27. The van der Waals surface area contributed by atoms with E-state index >= 15 is 0 Å². The van der Waals surface area contributed by atoms with Gasteiger partial charge in [0.25, 0.3) is 0 Å². The third-order valence-electron chi connectivity index (χ3n) is 2.77. The minimum Gasteiger partial charge on any atom is -0.398 e. The average Bonchev–Trinajstić information content (AvgIpc) is 2.72. The van der Waals surface area contributed by atoms with Gasteiger partial charge in [-0.05, 0) is 19.1 Å². The molecule has 1 heterocycles. The van der Waals surface area contributed by atoms with Crippen molar-refractivity contribution in [1.82, 2.24) is 9.46 Å². The Morgan fingerprint density at radius 2 is 2.00 bits per heavy atom. The lowest BCUT2D eigenvalue weighted by molar-refractivity contribution is 0.378. The molecule has 1 aromatic heterocycles. The van der Waals surface area contributed by atoms with Crippen molar-refractivity contribution in [2.45, 2.75) is 18.4 Å². The number of aryl methyl sites for hydroxylation is 1. The van der Waals surface area contributed by atoms with E-state index in [0.717, 1.165) is 4.31 Å². The normalized spacial score (nSPS) is 12.0. The lowest BCUT2D eigenvalue weighted by Gasteiger charge is -2.18. The van der Waals surface area contributed by atoms with E-state index in [1.807, 2.05) is 0 Å². The number of halogens is 2. The van der Waals surface area contributed by atoms with Gasteiger partial charge in [-0.3, -0.25) is 0 Å². The van der Waals surface area contributed by atoms with E-state index < -0.39 is 10.0 Å². The van der Waals surface area contributed by atoms with Crippen molar-refractivity contribution in [3.8, 4) is 0 Å². The Hall–Kier alpha value is -1.28. The summed E-state index contributed by atoms with van der Waals surface area (Å²) in [4.78, 5) is -0.170. The van der Waals surface area contributed by atoms with Crippen LogP contribution in [0.1, 0.15) is 11.5 Å². The van der Waals surface area contributed by atoms with Gasteiger partial charge in [0.05, 0.1) is 22.9 Å². The molecule has 0 aliphatic heterocycles. The highest BCUT2D eigenvalue weighted by atomic mass is 35.5. The first-order valence-electron chi connectivity index (χ1n) is 5.85. The minimum atomic E-state index is -3.87. The molecule has 0 bridgehead atoms. The lowest BCUT2D eigenvalue weighted by atomic mass is 10.3. The van der Waals surface area contributed by atoms with Gasteiger partial charge in [0.2, 0.25) is 10.0 Å². The van der Waals surface area contributed by atoms with Gasteiger partial charge in [-0.1, -0.05) is 28.4 Å². The molecule has 0 saturated heterocycles. The van der Waals surface area contributed by atoms with Crippen LogP contribution in [-0.2, 0) is 16.6 Å². The number of aromatic nitrogens is 1. The highest BCUT2D eigenvalue weighted by molar-refractivity contribution is 7.89. The predicted octanol–water partition coefficient (Wildman–Crippen LogP) is 2.69. The summed E-state index contributed by atoms with van der Waals surface area (Å²) in [6.07, 6.45) is 0. The fourth-order valence-corrected chi connectivity index (χ4v) is 3.89. The molecule has 21 heavy (non-hydrogen) atoms. The zero-order valence-electron chi connectivity index (χ0n) is 11.3. The van der Waals surface area contributed by atoms with Crippen molar-refractivity contribution in [2.75, 3.05) is 12.8 Å². The second-order valence-electron chi connectivity index (χ2n) is 4.50. The third kappa shape index (κ3) is 3.32. The quantitative estimate of drug-likeness (QED) is 0.857. The summed E-state index contributed by atoms with van der Waals surface area (Å²) >= 11 is 11.8. The standard InChI is InChI=1S/C12H13Cl2N3O3S/c1-7-3-9(16-20-7)6-17(2)21(18,19)12-10(14)4-8(13)5-11(12)15/h3-5H,6,15H2,1-2H3. The third-order valence-corrected chi connectivity index (χ3v) is 5.32. The number of hydrogen-bond acceptors (Lipinski definition) is 5. The molecule has 0 fully saturated rings. The van der Waals surface area contributed by atoms with E-state index in [4.69, 9.17) is 33.5 Å². The first kappa shape index (κ1) is 16.1. The monoisotopic (exact) mass is 349 g/mol. The first-order valence-corrected chi connectivity index (χ1v) is 8.04. The summed E-state index contributed by atoms with van der Waals surface area (Å²) < 4.78 is 31.1. The summed E-state index contributed by atoms with van der Waals surface area (Å²) in [7, 11) is -2.46. The van der Waals surface area contributed by atoms with Crippen molar-refractivity contribution in [3.05, 3.63) is 39.7 Å². The molecule has 0 atom stereocenters. The highest BCUT2D eigenvalue weighted by Crippen LogP contribution is 2.33. The van der Waals surface area contributed by atoms with Gasteiger partial charge in [-0.15, -0.1) is 0 Å². The number of anilines is 1. The van der Waals surface area contributed by atoms with E-state index in [9.17, 15) is 8.42 Å². The molecular weight excluding hydrogens is 337 g/mol. The van der Waals surface area contributed by atoms with E-state index in [2.05, 4.69) is 5.16 Å². The summed E-state index contributed by atoms with van der Waals surface area (Å²) in [5, 5.41) is 4.00. The van der Waals surface area contributed by atoms with Crippen LogP contribution in [0.25, 0.3) is 0 Å². The van der Waals surface area contributed by atoms with Crippen LogP contribution in [0.4, 0.5) is 5.69 Å². The van der Waals surface area contributed by atoms with Crippen LogP contribution >= 0.6 is 23.2 Å². The van der Waals surface area contributed by atoms with E-state index in [1.54, 1.807) is 13.0 Å².